The fraction of sp³-hybridized carbons (Fsp3) is 0.423. The lowest BCUT2D eigenvalue weighted by Crippen LogP contribution is -2.47. The van der Waals surface area contributed by atoms with Gasteiger partial charge in [0.15, 0.2) is 5.82 Å². The van der Waals surface area contributed by atoms with Crippen LogP contribution >= 0.6 is 0 Å². The molecule has 2 aromatic carbocycles. The number of hydrogen-bond acceptors (Lipinski definition) is 9. The molecule has 4 aromatic rings. The number of benzene rings is 2. The van der Waals surface area contributed by atoms with Crippen LogP contribution in [0.3, 0.4) is 0 Å². The summed E-state index contributed by atoms with van der Waals surface area (Å²) >= 11 is 0. The van der Waals surface area contributed by atoms with E-state index in [1.165, 1.54) is 28.2 Å². The van der Waals surface area contributed by atoms with Crippen molar-refractivity contribution >= 4 is 5.69 Å². The molecule has 0 spiro atoms. The Labute approximate surface area is 224 Å². The summed E-state index contributed by atoms with van der Waals surface area (Å²) in [6.45, 7) is 5.75. The minimum absolute atomic E-state index is 0.0985. The van der Waals surface area contributed by atoms with E-state index in [4.69, 9.17) is 4.74 Å². The van der Waals surface area contributed by atoms with Crippen molar-refractivity contribution < 1.29 is 18.6 Å². The number of anilines is 1. The molecule has 1 N–H and O–H groups in total. The molecule has 39 heavy (non-hydrogen) atoms. The van der Waals surface area contributed by atoms with E-state index in [0.717, 1.165) is 56.3 Å². The van der Waals surface area contributed by atoms with Gasteiger partial charge in [-0.05, 0) is 30.3 Å². The van der Waals surface area contributed by atoms with Crippen molar-refractivity contribution in [2.45, 2.75) is 31.5 Å². The van der Waals surface area contributed by atoms with Crippen molar-refractivity contribution in [3.8, 4) is 5.75 Å². The number of hydrogen-bond donors (Lipinski definition) is 1. The number of tetrazole rings is 1. The summed E-state index contributed by atoms with van der Waals surface area (Å²) < 4.78 is 35.3. The maximum atomic E-state index is 14.8. The van der Waals surface area contributed by atoms with Crippen molar-refractivity contribution in [2.75, 3.05) is 44.7 Å². The fourth-order valence-corrected chi connectivity index (χ4v) is 4.92. The van der Waals surface area contributed by atoms with E-state index < -0.39 is 23.3 Å². The zero-order valence-corrected chi connectivity index (χ0v) is 21.9. The Bertz CT molecular complexity index is 1380. The number of rotatable bonds is 10. The third kappa shape index (κ3) is 5.73. The van der Waals surface area contributed by atoms with E-state index in [1.54, 1.807) is 14.0 Å². The lowest BCUT2D eigenvalue weighted by Gasteiger charge is -2.36. The Balaban J connectivity index is 1.24. The molecule has 0 radical (unpaired) electrons. The molecule has 11 nitrogen and oxygen atoms in total. The average Bonchev–Trinajstić information content (AvgIpc) is 3.64. The molecule has 3 heterocycles. The van der Waals surface area contributed by atoms with Crippen LogP contribution in [0.15, 0.2) is 55.1 Å². The molecule has 1 fully saturated rings. The van der Waals surface area contributed by atoms with Crippen LogP contribution < -0.4 is 9.64 Å². The molecule has 13 heteroatoms. The lowest BCUT2D eigenvalue weighted by atomic mass is 9.86. The number of para-hydroxylation sites is 2. The van der Waals surface area contributed by atoms with Crippen molar-refractivity contribution in [1.82, 2.24) is 39.9 Å². The Morgan fingerprint density at radius 3 is 2.62 bits per heavy atom. The Morgan fingerprint density at radius 1 is 1.10 bits per heavy atom. The SMILES string of the molecule is COc1ccccc1N1CCN(CCc2nnn([C@@H](C)[C@](O)(Cn3cncn3)c3ccc(F)cc3F)n2)CC1. The second-order valence-corrected chi connectivity index (χ2v) is 9.59. The van der Waals surface area contributed by atoms with E-state index in [0.29, 0.717) is 12.2 Å². The van der Waals surface area contributed by atoms with Crippen LogP contribution in [-0.2, 0) is 18.6 Å². The van der Waals surface area contributed by atoms with Crippen LogP contribution in [0.2, 0.25) is 0 Å². The Kier molecular flexibility index (Phi) is 7.79. The summed E-state index contributed by atoms with van der Waals surface area (Å²) in [5.41, 5.74) is -0.869. The first-order chi connectivity index (χ1) is 18.9. The third-order valence-electron chi connectivity index (χ3n) is 7.22. The second-order valence-electron chi connectivity index (χ2n) is 9.59. The molecule has 1 aliphatic heterocycles. The van der Waals surface area contributed by atoms with Crippen molar-refractivity contribution in [2.24, 2.45) is 0 Å². The van der Waals surface area contributed by atoms with Gasteiger partial charge in [-0.15, -0.1) is 10.2 Å². The lowest BCUT2D eigenvalue weighted by molar-refractivity contribution is -0.0418. The third-order valence-corrected chi connectivity index (χ3v) is 7.22. The number of nitrogens with zero attached hydrogens (tertiary/aromatic N) is 9. The second kappa shape index (κ2) is 11.4. The van der Waals surface area contributed by atoms with Crippen LogP contribution in [0.4, 0.5) is 14.5 Å². The van der Waals surface area contributed by atoms with Crippen molar-refractivity contribution in [3.63, 3.8) is 0 Å². The zero-order chi connectivity index (χ0) is 27.4. The van der Waals surface area contributed by atoms with Gasteiger partial charge in [0.25, 0.3) is 0 Å². The van der Waals surface area contributed by atoms with Crippen LogP contribution in [0.5, 0.6) is 5.75 Å². The fourth-order valence-electron chi connectivity index (χ4n) is 4.92. The molecule has 1 aliphatic rings. The van der Waals surface area contributed by atoms with Gasteiger partial charge in [0.1, 0.15) is 41.7 Å². The minimum Gasteiger partial charge on any atom is -0.495 e. The van der Waals surface area contributed by atoms with Crippen LogP contribution in [0.25, 0.3) is 0 Å². The average molecular weight is 540 g/mol. The molecular weight excluding hydrogens is 508 g/mol. The van der Waals surface area contributed by atoms with Gasteiger partial charge in [0.2, 0.25) is 0 Å². The van der Waals surface area contributed by atoms with Gasteiger partial charge in [-0.25, -0.2) is 18.4 Å². The molecule has 1 saturated heterocycles. The molecule has 2 atom stereocenters. The standard InChI is InChI=1S/C26H31F2N9O2/c1-19(26(38,16-36-18-29-17-30-36)21-8-7-20(27)15-22(21)28)37-32-25(31-33-37)9-10-34-11-13-35(14-12-34)23-5-3-4-6-24(23)39-2/h3-8,15,17-19,38H,9-14,16H2,1-2H3/t19-,26+/m0/s1. The van der Waals surface area contributed by atoms with Crippen LogP contribution in [0, 0.1) is 11.6 Å². The first-order valence-corrected chi connectivity index (χ1v) is 12.8. The number of ether oxygens (including phenoxy) is 1. The smallest absolute Gasteiger partial charge is 0.176 e. The van der Waals surface area contributed by atoms with Gasteiger partial charge in [-0.3, -0.25) is 4.90 Å². The highest BCUT2D eigenvalue weighted by atomic mass is 19.1. The number of aromatic nitrogens is 7. The molecule has 0 bridgehead atoms. The topological polar surface area (TPSA) is 110 Å². The largest absolute Gasteiger partial charge is 0.495 e. The van der Waals surface area contributed by atoms with E-state index in [2.05, 4.69) is 41.4 Å². The molecule has 0 aliphatic carbocycles. The summed E-state index contributed by atoms with van der Waals surface area (Å²) in [5.74, 6) is -0.240. The Hall–Kier alpha value is -3.97. The highest BCUT2D eigenvalue weighted by Crippen LogP contribution is 2.36. The maximum Gasteiger partial charge on any atom is 0.176 e. The van der Waals surface area contributed by atoms with Crippen molar-refractivity contribution in [3.05, 3.63) is 78.1 Å². The molecular formula is C26H31F2N9O2. The zero-order valence-electron chi connectivity index (χ0n) is 21.9. The van der Waals surface area contributed by atoms with Crippen molar-refractivity contribution in [1.29, 1.82) is 0 Å². The molecule has 0 unspecified atom stereocenters. The predicted octanol–water partition coefficient (Wildman–Crippen LogP) is 2.07. The first-order valence-electron chi connectivity index (χ1n) is 12.8. The number of aliphatic hydroxyl groups is 1. The van der Waals surface area contributed by atoms with E-state index in [-0.39, 0.29) is 12.1 Å². The summed E-state index contributed by atoms with van der Waals surface area (Å²) in [6, 6.07) is 10.2. The van der Waals surface area contributed by atoms with Crippen LogP contribution in [0.1, 0.15) is 24.4 Å². The molecule has 0 amide bonds. The van der Waals surface area contributed by atoms with Gasteiger partial charge in [-0.2, -0.15) is 9.90 Å². The molecule has 206 valence electrons. The summed E-state index contributed by atoms with van der Waals surface area (Å²) in [4.78, 5) is 9.82. The minimum atomic E-state index is -1.86. The monoisotopic (exact) mass is 539 g/mol. The normalized spacial score (nSPS) is 16.7. The summed E-state index contributed by atoms with van der Waals surface area (Å²) in [7, 11) is 1.68. The highest BCUT2D eigenvalue weighted by Gasteiger charge is 2.41. The quantitative estimate of drug-likeness (QED) is 0.324. The predicted molar refractivity (Wildman–Crippen MR) is 138 cm³/mol. The Morgan fingerprint density at radius 2 is 1.90 bits per heavy atom. The number of halogens is 2. The van der Waals surface area contributed by atoms with Gasteiger partial charge < -0.3 is 14.7 Å². The first kappa shape index (κ1) is 26.6. The maximum absolute atomic E-state index is 14.8. The summed E-state index contributed by atoms with van der Waals surface area (Å²) in [5, 5.41) is 28.6. The number of methoxy groups -OCH3 is 1. The molecule has 5 rings (SSSR count). The summed E-state index contributed by atoms with van der Waals surface area (Å²) in [6.07, 6.45) is 3.29. The van der Waals surface area contributed by atoms with Gasteiger partial charge in [-0.1, -0.05) is 18.2 Å². The van der Waals surface area contributed by atoms with Gasteiger partial charge in [0, 0.05) is 50.8 Å². The number of piperazine rings is 1. The van der Waals surface area contributed by atoms with E-state index in [1.807, 2.05) is 18.2 Å². The van der Waals surface area contributed by atoms with Gasteiger partial charge >= 0.3 is 0 Å². The molecule has 0 saturated carbocycles. The van der Waals surface area contributed by atoms with E-state index in [9.17, 15) is 13.9 Å². The van der Waals surface area contributed by atoms with Gasteiger partial charge in [0.05, 0.1) is 19.3 Å². The highest BCUT2D eigenvalue weighted by molar-refractivity contribution is 5.58. The van der Waals surface area contributed by atoms with E-state index >= 15 is 0 Å². The van der Waals surface area contributed by atoms with Crippen LogP contribution in [-0.4, -0.2) is 84.8 Å². The molecule has 2 aromatic heterocycles.